The average Bonchev–Trinajstić information content (AvgIpc) is 2.76. The van der Waals surface area contributed by atoms with E-state index in [9.17, 15) is 0 Å². The van der Waals surface area contributed by atoms with E-state index in [0.717, 1.165) is 5.76 Å². The fraction of sp³-hybridized carbons (Fsp3) is 0.625. The highest BCUT2D eigenvalue weighted by Crippen LogP contribution is 2.43. The molecular weight excluding hydrogens is 268 g/mol. The minimum absolute atomic E-state index is 0.624. The number of hydrogen-bond acceptors (Lipinski definition) is 2. The van der Waals surface area contributed by atoms with Crippen molar-refractivity contribution < 1.29 is 4.43 Å². The summed E-state index contributed by atoms with van der Waals surface area (Å²) in [6, 6.07) is 4.22. The first-order valence-corrected chi connectivity index (χ1v) is 10.2. The molecular formula is C16H28OSSi. The Morgan fingerprint density at radius 3 is 2.00 bits per heavy atom. The van der Waals surface area contributed by atoms with Crippen LogP contribution in [0.3, 0.4) is 0 Å². The van der Waals surface area contributed by atoms with Crippen molar-refractivity contribution in [3.8, 4) is 0 Å². The predicted molar refractivity (Wildman–Crippen MR) is 90.1 cm³/mol. The number of thiophene rings is 1. The molecule has 1 heterocycles. The summed E-state index contributed by atoms with van der Waals surface area (Å²) in [5, 5.41) is 2.11. The van der Waals surface area contributed by atoms with Crippen molar-refractivity contribution in [1.29, 1.82) is 0 Å². The summed E-state index contributed by atoms with van der Waals surface area (Å²) in [5.41, 5.74) is 1.87. The molecule has 3 heteroatoms. The van der Waals surface area contributed by atoms with Gasteiger partial charge >= 0.3 is 0 Å². The Kier molecular flexibility index (Phi) is 5.87. The van der Waals surface area contributed by atoms with Crippen molar-refractivity contribution in [3.63, 3.8) is 0 Å². The third kappa shape index (κ3) is 3.73. The zero-order valence-corrected chi connectivity index (χ0v) is 15.2. The summed E-state index contributed by atoms with van der Waals surface area (Å²) < 4.78 is 6.60. The van der Waals surface area contributed by atoms with Gasteiger partial charge in [-0.05, 0) is 41.1 Å². The molecule has 0 N–H and O–H groups in total. The summed E-state index contributed by atoms with van der Waals surface area (Å²) in [7, 11) is -1.79. The number of allylic oxidation sites excluding steroid dienone is 1. The molecule has 0 aromatic carbocycles. The van der Waals surface area contributed by atoms with E-state index in [2.05, 4.69) is 72.1 Å². The third-order valence-corrected chi connectivity index (χ3v) is 10.8. The van der Waals surface area contributed by atoms with E-state index in [0.29, 0.717) is 16.6 Å². The molecule has 0 amide bonds. The maximum Gasteiger partial charge on any atom is 0.258 e. The standard InChI is InChI=1S/C16H28OSSi/c1-12(2)19(13(3)4,14(5)6)17-15(7)11-16-9-8-10-18-16/h8-14H,1-7H3/b15-11-. The second-order valence-electron chi connectivity index (χ2n) is 6.19. The summed E-state index contributed by atoms with van der Waals surface area (Å²) in [5.74, 6) is 1.07. The first-order valence-electron chi connectivity index (χ1n) is 7.21. The summed E-state index contributed by atoms with van der Waals surface area (Å²) >= 11 is 1.76. The molecule has 0 saturated heterocycles. The summed E-state index contributed by atoms with van der Waals surface area (Å²) in [6.07, 6.45) is 2.18. The summed E-state index contributed by atoms with van der Waals surface area (Å²) in [4.78, 5) is 1.27. The normalized spacial score (nSPS) is 13.7. The Morgan fingerprint density at radius 1 is 1.11 bits per heavy atom. The molecule has 0 radical (unpaired) electrons. The fourth-order valence-electron chi connectivity index (χ4n) is 3.24. The monoisotopic (exact) mass is 296 g/mol. The second-order valence-corrected chi connectivity index (χ2v) is 12.5. The van der Waals surface area contributed by atoms with E-state index in [1.54, 1.807) is 11.3 Å². The zero-order valence-electron chi connectivity index (χ0n) is 13.4. The van der Waals surface area contributed by atoms with Gasteiger partial charge in [0.2, 0.25) is 0 Å². The first-order chi connectivity index (χ1) is 8.80. The van der Waals surface area contributed by atoms with Crippen LogP contribution in [0.5, 0.6) is 0 Å². The Balaban J connectivity index is 3.01. The van der Waals surface area contributed by atoms with Crippen molar-refractivity contribution in [3.05, 3.63) is 28.1 Å². The van der Waals surface area contributed by atoms with Crippen molar-refractivity contribution in [2.75, 3.05) is 0 Å². The molecule has 0 bridgehead atoms. The highest BCUT2D eigenvalue weighted by atomic mass is 32.1. The quantitative estimate of drug-likeness (QED) is 0.442. The number of rotatable bonds is 6. The highest BCUT2D eigenvalue weighted by molar-refractivity contribution is 7.10. The minimum atomic E-state index is -1.79. The van der Waals surface area contributed by atoms with Gasteiger partial charge in [0.05, 0.1) is 5.76 Å². The molecule has 0 atom stereocenters. The lowest BCUT2D eigenvalue weighted by Gasteiger charge is -2.42. The van der Waals surface area contributed by atoms with Crippen molar-refractivity contribution in [1.82, 2.24) is 0 Å². The lowest BCUT2D eigenvalue weighted by atomic mass is 10.4. The largest absolute Gasteiger partial charge is 0.546 e. The van der Waals surface area contributed by atoms with Gasteiger partial charge in [0.1, 0.15) is 0 Å². The SMILES string of the molecule is C/C(=C/c1cccs1)O[Si](C(C)C)(C(C)C)C(C)C. The minimum Gasteiger partial charge on any atom is -0.546 e. The van der Waals surface area contributed by atoms with Gasteiger partial charge in [-0.1, -0.05) is 47.6 Å². The molecule has 0 unspecified atom stereocenters. The molecule has 1 aromatic heterocycles. The van der Waals surface area contributed by atoms with Crippen LogP contribution in [0.25, 0.3) is 6.08 Å². The first kappa shape index (κ1) is 16.5. The van der Waals surface area contributed by atoms with E-state index < -0.39 is 8.32 Å². The molecule has 0 fully saturated rings. The van der Waals surface area contributed by atoms with Crippen molar-refractivity contribution in [2.24, 2.45) is 0 Å². The maximum atomic E-state index is 6.60. The van der Waals surface area contributed by atoms with Crippen LogP contribution in [0.15, 0.2) is 23.3 Å². The molecule has 19 heavy (non-hydrogen) atoms. The highest BCUT2D eigenvalue weighted by Gasteiger charge is 2.46. The predicted octanol–water partition coefficient (Wildman–Crippen LogP) is 6.30. The van der Waals surface area contributed by atoms with Crippen LogP contribution in [0.2, 0.25) is 16.6 Å². The van der Waals surface area contributed by atoms with E-state index in [1.807, 2.05) is 0 Å². The Hall–Kier alpha value is -0.543. The van der Waals surface area contributed by atoms with E-state index >= 15 is 0 Å². The van der Waals surface area contributed by atoms with Crippen LogP contribution in [-0.4, -0.2) is 8.32 Å². The molecule has 1 rings (SSSR count). The van der Waals surface area contributed by atoms with Gasteiger partial charge < -0.3 is 4.43 Å². The van der Waals surface area contributed by atoms with Crippen molar-refractivity contribution >= 4 is 25.7 Å². The van der Waals surface area contributed by atoms with Crippen LogP contribution in [-0.2, 0) is 4.43 Å². The molecule has 1 aromatic rings. The maximum absolute atomic E-state index is 6.60. The third-order valence-electron chi connectivity index (χ3n) is 3.93. The molecule has 0 aliphatic rings. The smallest absolute Gasteiger partial charge is 0.258 e. The lowest BCUT2D eigenvalue weighted by molar-refractivity contribution is 0.377. The zero-order chi connectivity index (χ0) is 14.6. The second kappa shape index (κ2) is 6.75. The molecule has 0 spiro atoms. The molecule has 1 nitrogen and oxygen atoms in total. The van der Waals surface area contributed by atoms with E-state index in [-0.39, 0.29) is 0 Å². The van der Waals surface area contributed by atoms with Gasteiger partial charge in [0.25, 0.3) is 8.32 Å². The molecule has 0 saturated carbocycles. The van der Waals surface area contributed by atoms with Gasteiger partial charge in [-0.15, -0.1) is 11.3 Å². The van der Waals surface area contributed by atoms with Crippen LogP contribution >= 0.6 is 11.3 Å². The van der Waals surface area contributed by atoms with Crippen LogP contribution < -0.4 is 0 Å². The Bertz CT molecular complexity index is 383. The number of hydrogen-bond donors (Lipinski definition) is 0. The Morgan fingerprint density at radius 2 is 1.63 bits per heavy atom. The lowest BCUT2D eigenvalue weighted by Crippen LogP contribution is -2.47. The summed E-state index contributed by atoms with van der Waals surface area (Å²) in [6.45, 7) is 16.1. The average molecular weight is 297 g/mol. The topological polar surface area (TPSA) is 9.23 Å². The van der Waals surface area contributed by atoms with Crippen LogP contribution in [0, 0.1) is 0 Å². The van der Waals surface area contributed by atoms with Gasteiger partial charge in [-0.3, -0.25) is 0 Å². The molecule has 0 aliphatic carbocycles. The molecule has 0 aliphatic heterocycles. The van der Waals surface area contributed by atoms with Gasteiger partial charge in [0.15, 0.2) is 0 Å². The van der Waals surface area contributed by atoms with Gasteiger partial charge in [-0.25, -0.2) is 0 Å². The van der Waals surface area contributed by atoms with Crippen LogP contribution in [0.4, 0.5) is 0 Å². The van der Waals surface area contributed by atoms with Crippen molar-refractivity contribution in [2.45, 2.75) is 65.1 Å². The van der Waals surface area contributed by atoms with Crippen LogP contribution in [0.1, 0.15) is 53.3 Å². The Labute approximate surface area is 123 Å². The fourth-order valence-corrected chi connectivity index (χ4v) is 9.26. The van der Waals surface area contributed by atoms with Gasteiger partial charge in [0, 0.05) is 4.88 Å². The van der Waals surface area contributed by atoms with Gasteiger partial charge in [-0.2, -0.15) is 0 Å². The van der Waals surface area contributed by atoms with E-state index in [1.165, 1.54) is 4.88 Å². The molecule has 108 valence electrons. The van der Waals surface area contributed by atoms with E-state index in [4.69, 9.17) is 4.43 Å².